The summed E-state index contributed by atoms with van der Waals surface area (Å²) in [5, 5.41) is 14.4. The fraction of sp³-hybridized carbons (Fsp3) is 0.222. The van der Waals surface area contributed by atoms with Crippen LogP contribution >= 0.6 is 11.8 Å². The molecule has 0 spiro atoms. The molecule has 3 aromatic rings. The number of methoxy groups -OCH3 is 1. The first-order valence-corrected chi connectivity index (χ1v) is 9.02. The third kappa shape index (κ3) is 4.43. The van der Waals surface area contributed by atoms with Crippen molar-refractivity contribution >= 4 is 23.4 Å². The molecule has 9 heteroatoms. The van der Waals surface area contributed by atoms with Gasteiger partial charge in [-0.25, -0.2) is 4.39 Å². The molecule has 0 aliphatic rings. The van der Waals surface area contributed by atoms with Crippen LogP contribution < -0.4 is 10.1 Å². The van der Waals surface area contributed by atoms with Gasteiger partial charge in [0.1, 0.15) is 17.3 Å². The number of nitrogens with one attached hydrogen (secondary N) is 1. The van der Waals surface area contributed by atoms with E-state index in [1.165, 1.54) is 34.6 Å². The van der Waals surface area contributed by atoms with Gasteiger partial charge in [-0.2, -0.15) is 4.68 Å². The molecule has 0 fully saturated rings. The van der Waals surface area contributed by atoms with Crippen molar-refractivity contribution in [2.24, 2.45) is 0 Å². The largest absolute Gasteiger partial charge is 0.494 e. The van der Waals surface area contributed by atoms with Gasteiger partial charge in [-0.05, 0) is 60.2 Å². The van der Waals surface area contributed by atoms with Gasteiger partial charge in [0.2, 0.25) is 11.1 Å². The molecule has 7 nitrogen and oxygen atoms in total. The van der Waals surface area contributed by atoms with Gasteiger partial charge in [-0.3, -0.25) is 4.79 Å². The van der Waals surface area contributed by atoms with E-state index in [1.54, 1.807) is 20.1 Å². The smallest absolute Gasteiger partial charge is 0.237 e. The van der Waals surface area contributed by atoms with Gasteiger partial charge >= 0.3 is 0 Å². The maximum Gasteiger partial charge on any atom is 0.237 e. The number of halogens is 1. The van der Waals surface area contributed by atoms with Crippen molar-refractivity contribution in [3.8, 4) is 11.4 Å². The Labute approximate surface area is 159 Å². The van der Waals surface area contributed by atoms with Crippen LogP contribution in [-0.2, 0) is 4.79 Å². The van der Waals surface area contributed by atoms with Crippen molar-refractivity contribution < 1.29 is 13.9 Å². The predicted molar refractivity (Wildman–Crippen MR) is 101 cm³/mol. The zero-order valence-electron chi connectivity index (χ0n) is 15.0. The molecule has 1 heterocycles. The second kappa shape index (κ2) is 8.17. The lowest BCUT2D eigenvalue weighted by Crippen LogP contribution is -2.23. The van der Waals surface area contributed by atoms with E-state index in [1.807, 2.05) is 25.1 Å². The van der Waals surface area contributed by atoms with Gasteiger partial charge in [-0.1, -0.05) is 23.9 Å². The summed E-state index contributed by atoms with van der Waals surface area (Å²) in [7, 11) is 1.57. The van der Waals surface area contributed by atoms with Crippen molar-refractivity contribution in [2.75, 3.05) is 12.4 Å². The molecular formula is C18H18FN5O2S. The summed E-state index contributed by atoms with van der Waals surface area (Å²) >= 11 is 1.19. The highest BCUT2D eigenvalue weighted by Gasteiger charge is 2.21. The van der Waals surface area contributed by atoms with Gasteiger partial charge in [0, 0.05) is 5.69 Å². The molecule has 0 saturated carbocycles. The number of aromatic nitrogens is 4. The first-order valence-electron chi connectivity index (χ1n) is 8.14. The van der Waals surface area contributed by atoms with Crippen molar-refractivity contribution in [3.05, 3.63) is 53.8 Å². The van der Waals surface area contributed by atoms with E-state index >= 15 is 0 Å². The summed E-state index contributed by atoms with van der Waals surface area (Å²) in [4.78, 5) is 12.4. The van der Waals surface area contributed by atoms with E-state index in [4.69, 9.17) is 4.74 Å². The van der Waals surface area contributed by atoms with Crippen LogP contribution in [0.15, 0.2) is 47.6 Å². The quantitative estimate of drug-likeness (QED) is 0.654. The van der Waals surface area contributed by atoms with E-state index in [0.717, 1.165) is 5.56 Å². The normalized spacial score (nSPS) is 11.9. The number of hydrogen-bond donors (Lipinski definition) is 1. The Balaban J connectivity index is 1.78. The summed E-state index contributed by atoms with van der Waals surface area (Å²) in [5.74, 6) is -0.0773. The van der Waals surface area contributed by atoms with Gasteiger partial charge in [0.05, 0.1) is 12.4 Å². The number of carbonyl (C=O) groups is 1. The van der Waals surface area contributed by atoms with Crippen LogP contribution in [0.4, 0.5) is 10.1 Å². The number of rotatable bonds is 6. The highest BCUT2D eigenvalue weighted by Crippen LogP contribution is 2.29. The minimum atomic E-state index is -0.506. The highest BCUT2D eigenvalue weighted by molar-refractivity contribution is 8.00. The number of aryl methyl sites for hydroxylation is 1. The van der Waals surface area contributed by atoms with E-state index in [2.05, 4.69) is 20.8 Å². The number of anilines is 1. The van der Waals surface area contributed by atoms with Crippen LogP contribution in [0.1, 0.15) is 12.5 Å². The number of ether oxygens (including phenoxy) is 1. The van der Waals surface area contributed by atoms with Crippen LogP contribution in [-0.4, -0.2) is 38.5 Å². The maximum atomic E-state index is 13.3. The Kier molecular flexibility index (Phi) is 5.70. The number of nitrogens with zero attached hydrogens (tertiary/aromatic N) is 4. The van der Waals surface area contributed by atoms with Gasteiger partial charge < -0.3 is 10.1 Å². The summed E-state index contributed by atoms with van der Waals surface area (Å²) < 4.78 is 20.2. The zero-order chi connectivity index (χ0) is 19.4. The Morgan fingerprint density at radius 1 is 1.30 bits per heavy atom. The van der Waals surface area contributed by atoms with E-state index in [-0.39, 0.29) is 5.91 Å². The molecule has 1 amide bonds. The fourth-order valence-electron chi connectivity index (χ4n) is 2.39. The Hall–Kier alpha value is -2.94. The SMILES string of the molecule is COc1ccc(C)cc1-n1nnnc1SC(C)C(=O)Nc1cccc(F)c1. The fourth-order valence-corrected chi connectivity index (χ4v) is 3.19. The molecule has 1 atom stereocenters. The molecule has 1 N–H and O–H groups in total. The summed E-state index contributed by atoms with van der Waals surface area (Å²) in [6.45, 7) is 3.68. The van der Waals surface area contributed by atoms with Crippen LogP contribution in [0.25, 0.3) is 5.69 Å². The zero-order valence-corrected chi connectivity index (χ0v) is 15.8. The molecule has 0 aliphatic carbocycles. The average molecular weight is 387 g/mol. The predicted octanol–water partition coefficient (Wildman–Crippen LogP) is 3.24. The number of hydrogen-bond acceptors (Lipinski definition) is 6. The van der Waals surface area contributed by atoms with Crippen molar-refractivity contribution in [2.45, 2.75) is 24.3 Å². The standard InChI is InChI=1S/C18H18FN5O2S/c1-11-7-8-16(26-3)15(9-11)24-18(21-22-23-24)27-12(2)17(25)20-14-6-4-5-13(19)10-14/h4-10,12H,1-3H3,(H,20,25). The maximum absolute atomic E-state index is 13.3. The number of carbonyl (C=O) groups excluding carboxylic acids is 1. The molecule has 1 unspecified atom stereocenters. The molecular weight excluding hydrogens is 369 g/mol. The van der Waals surface area contributed by atoms with E-state index in [0.29, 0.717) is 22.3 Å². The van der Waals surface area contributed by atoms with E-state index < -0.39 is 11.1 Å². The monoisotopic (exact) mass is 387 g/mol. The number of thioether (sulfide) groups is 1. The molecule has 1 aromatic heterocycles. The Bertz CT molecular complexity index is 962. The van der Waals surface area contributed by atoms with Crippen molar-refractivity contribution in [1.29, 1.82) is 0 Å². The molecule has 140 valence electrons. The Morgan fingerprint density at radius 2 is 2.11 bits per heavy atom. The molecule has 0 aliphatic heterocycles. The van der Waals surface area contributed by atoms with Gasteiger partial charge in [0.15, 0.2) is 0 Å². The summed E-state index contributed by atoms with van der Waals surface area (Å²) in [5.41, 5.74) is 2.10. The first-order chi connectivity index (χ1) is 13.0. The lowest BCUT2D eigenvalue weighted by Gasteiger charge is -2.13. The third-order valence-corrected chi connectivity index (χ3v) is 4.78. The Morgan fingerprint density at radius 3 is 2.85 bits per heavy atom. The molecule has 0 saturated heterocycles. The second-order valence-corrected chi connectivity index (χ2v) is 7.12. The van der Waals surface area contributed by atoms with Crippen LogP contribution in [0, 0.1) is 12.7 Å². The van der Waals surface area contributed by atoms with Crippen LogP contribution in [0.2, 0.25) is 0 Å². The van der Waals surface area contributed by atoms with Crippen molar-refractivity contribution in [1.82, 2.24) is 20.2 Å². The molecule has 27 heavy (non-hydrogen) atoms. The van der Waals surface area contributed by atoms with E-state index in [9.17, 15) is 9.18 Å². The average Bonchev–Trinajstić information content (AvgIpc) is 3.09. The minimum Gasteiger partial charge on any atom is -0.494 e. The number of tetrazole rings is 1. The van der Waals surface area contributed by atoms with Gasteiger partial charge in [0.25, 0.3) is 0 Å². The number of benzene rings is 2. The molecule has 0 radical (unpaired) electrons. The molecule has 0 bridgehead atoms. The minimum absolute atomic E-state index is 0.281. The lowest BCUT2D eigenvalue weighted by molar-refractivity contribution is -0.115. The van der Waals surface area contributed by atoms with Gasteiger partial charge in [-0.15, -0.1) is 5.10 Å². The topological polar surface area (TPSA) is 81.9 Å². The molecule has 3 rings (SSSR count). The van der Waals surface area contributed by atoms with Crippen LogP contribution in [0.3, 0.4) is 0 Å². The summed E-state index contributed by atoms with van der Waals surface area (Å²) in [6.07, 6.45) is 0. The second-order valence-electron chi connectivity index (χ2n) is 5.81. The molecule has 2 aromatic carbocycles. The highest BCUT2D eigenvalue weighted by atomic mass is 32.2. The number of amides is 1. The van der Waals surface area contributed by atoms with Crippen LogP contribution in [0.5, 0.6) is 5.75 Å². The lowest BCUT2D eigenvalue weighted by atomic mass is 10.2. The third-order valence-electron chi connectivity index (χ3n) is 3.75. The van der Waals surface area contributed by atoms with Crippen molar-refractivity contribution in [3.63, 3.8) is 0 Å². The summed E-state index contributed by atoms with van der Waals surface area (Å²) in [6, 6.07) is 11.4. The first kappa shape index (κ1) is 18.8.